The molecule has 1 aliphatic rings. The molecule has 3 heterocycles. The fraction of sp³-hybridized carbons (Fsp3) is 0.484. The van der Waals surface area contributed by atoms with Crippen LogP contribution in [0.1, 0.15) is 75.7 Å². The topological polar surface area (TPSA) is 110 Å². The van der Waals surface area contributed by atoms with Crippen molar-refractivity contribution in [3.63, 3.8) is 0 Å². The Morgan fingerprint density at radius 2 is 1.85 bits per heavy atom. The summed E-state index contributed by atoms with van der Waals surface area (Å²) in [7, 11) is 1.91. The summed E-state index contributed by atoms with van der Waals surface area (Å²) in [5.41, 5.74) is 3.12. The molecule has 0 aliphatic heterocycles. The van der Waals surface area contributed by atoms with E-state index in [0.717, 1.165) is 11.3 Å². The van der Waals surface area contributed by atoms with Crippen molar-refractivity contribution in [1.82, 2.24) is 19.5 Å². The van der Waals surface area contributed by atoms with E-state index in [2.05, 4.69) is 29.2 Å². The molecule has 1 aromatic carbocycles. The molecule has 0 bridgehead atoms. The van der Waals surface area contributed by atoms with Gasteiger partial charge in [-0.05, 0) is 62.8 Å². The summed E-state index contributed by atoms with van der Waals surface area (Å²) >= 11 is 0. The number of imidazole rings is 1. The van der Waals surface area contributed by atoms with Gasteiger partial charge in [-0.3, -0.25) is 4.79 Å². The number of carbonyl (C=O) groups is 1. The van der Waals surface area contributed by atoms with Gasteiger partial charge in [0.2, 0.25) is 5.95 Å². The Balaban J connectivity index is 1.50. The number of carboxylic acid groups (broad SMARTS) is 1. The second-order valence-corrected chi connectivity index (χ2v) is 11.9. The molecule has 0 saturated heterocycles. The zero-order chi connectivity index (χ0) is 29.0. The van der Waals surface area contributed by atoms with E-state index < -0.39 is 5.97 Å². The van der Waals surface area contributed by atoms with E-state index in [1.165, 1.54) is 48.6 Å². The number of carboxylic acids is 1. The fourth-order valence-electron chi connectivity index (χ4n) is 5.30. The highest BCUT2D eigenvalue weighted by molar-refractivity contribution is 5.85. The van der Waals surface area contributed by atoms with Gasteiger partial charge in [0.25, 0.3) is 0 Å². The summed E-state index contributed by atoms with van der Waals surface area (Å²) in [6.45, 7) is 7.03. The monoisotopic (exact) mass is 560 g/mol. The van der Waals surface area contributed by atoms with Crippen molar-refractivity contribution in [3.8, 4) is 0 Å². The van der Waals surface area contributed by atoms with Crippen molar-refractivity contribution >= 4 is 28.9 Å². The van der Waals surface area contributed by atoms with Crippen LogP contribution in [0, 0.1) is 0 Å². The number of ether oxygens (including phenoxy) is 1. The van der Waals surface area contributed by atoms with Gasteiger partial charge >= 0.3 is 5.97 Å². The molecule has 10 nitrogen and oxygen atoms in total. The highest BCUT2D eigenvalue weighted by Gasteiger charge is 2.23. The molecule has 10 heteroatoms. The Hall–Kier alpha value is -3.92. The van der Waals surface area contributed by atoms with Crippen LogP contribution in [-0.2, 0) is 29.2 Å². The van der Waals surface area contributed by atoms with E-state index >= 15 is 0 Å². The molecule has 1 saturated carbocycles. The predicted molar refractivity (Wildman–Crippen MR) is 158 cm³/mol. The van der Waals surface area contributed by atoms with Crippen molar-refractivity contribution in [2.75, 3.05) is 23.6 Å². The van der Waals surface area contributed by atoms with Crippen molar-refractivity contribution in [2.45, 2.75) is 84.0 Å². The third kappa shape index (κ3) is 7.24. The van der Waals surface area contributed by atoms with Crippen molar-refractivity contribution in [2.24, 2.45) is 0 Å². The predicted octanol–water partition coefficient (Wildman–Crippen LogP) is 5.97. The number of benzene rings is 1. The lowest BCUT2D eigenvalue weighted by molar-refractivity contribution is -0.137. The third-order valence-corrected chi connectivity index (χ3v) is 7.44. The van der Waals surface area contributed by atoms with Gasteiger partial charge in [-0.15, -0.1) is 0 Å². The number of hydrogen-bond acceptors (Lipinski definition) is 8. The lowest BCUT2D eigenvalue weighted by Gasteiger charge is -2.29. The first-order valence-electron chi connectivity index (χ1n) is 14.3. The number of rotatable bonds is 11. The van der Waals surface area contributed by atoms with Crippen LogP contribution < -0.4 is 9.80 Å². The quantitative estimate of drug-likeness (QED) is 0.222. The first kappa shape index (κ1) is 28.6. The SMILES string of the molecule is CN(Cc1ccco1)c1nc(N(COC(C)(C)C)Cc2ccc(C3CCCCC3)cc2)nc2c1ncn2CC(=O)O. The van der Waals surface area contributed by atoms with Crippen LogP contribution in [0.4, 0.5) is 11.8 Å². The van der Waals surface area contributed by atoms with E-state index in [9.17, 15) is 9.90 Å². The Morgan fingerprint density at radius 3 is 2.51 bits per heavy atom. The van der Waals surface area contributed by atoms with Crippen LogP contribution in [0.2, 0.25) is 0 Å². The van der Waals surface area contributed by atoms with Crippen LogP contribution in [-0.4, -0.2) is 50.0 Å². The molecule has 0 amide bonds. The van der Waals surface area contributed by atoms with Gasteiger partial charge in [0.15, 0.2) is 17.0 Å². The summed E-state index contributed by atoms with van der Waals surface area (Å²) in [6.07, 6.45) is 9.61. The van der Waals surface area contributed by atoms with Crippen molar-refractivity contribution in [1.29, 1.82) is 0 Å². The molecular formula is C31H40N6O4. The summed E-state index contributed by atoms with van der Waals surface area (Å²) in [5.74, 6) is 1.47. The van der Waals surface area contributed by atoms with Crippen LogP contribution in [0.3, 0.4) is 0 Å². The molecule has 5 rings (SSSR count). The van der Waals surface area contributed by atoms with E-state index in [4.69, 9.17) is 19.1 Å². The van der Waals surface area contributed by atoms with Gasteiger partial charge in [-0.1, -0.05) is 43.5 Å². The number of nitrogens with zero attached hydrogens (tertiary/aromatic N) is 6. The van der Waals surface area contributed by atoms with Gasteiger partial charge < -0.3 is 28.6 Å². The number of anilines is 2. The molecule has 3 aromatic heterocycles. The van der Waals surface area contributed by atoms with E-state index in [1.807, 2.05) is 49.8 Å². The molecule has 0 unspecified atom stereocenters. The molecule has 1 N–H and O–H groups in total. The molecule has 1 fully saturated rings. The van der Waals surface area contributed by atoms with Crippen LogP contribution in [0.15, 0.2) is 53.4 Å². The Bertz CT molecular complexity index is 1440. The maximum Gasteiger partial charge on any atom is 0.323 e. The molecule has 1 aliphatic carbocycles. The lowest BCUT2D eigenvalue weighted by atomic mass is 9.84. The van der Waals surface area contributed by atoms with Gasteiger partial charge in [-0.2, -0.15) is 9.97 Å². The zero-order valence-corrected chi connectivity index (χ0v) is 24.4. The summed E-state index contributed by atoms with van der Waals surface area (Å²) in [4.78, 5) is 29.8. The smallest absolute Gasteiger partial charge is 0.323 e. The molecule has 41 heavy (non-hydrogen) atoms. The molecule has 0 atom stereocenters. The van der Waals surface area contributed by atoms with Gasteiger partial charge in [0.1, 0.15) is 19.0 Å². The van der Waals surface area contributed by atoms with Gasteiger partial charge in [-0.25, -0.2) is 4.98 Å². The van der Waals surface area contributed by atoms with E-state index in [0.29, 0.717) is 41.9 Å². The van der Waals surface area contributed by atoms with E-state index in [1.54, 1.807) is 6.26 Å². The highest BCUT2D eigenvalue weighted by Crippen LogP contribution is 2.33. The van der Waals surface area contributed by atoms with Crippen molar-refractivity contribution in [3.05, 3.63) is 65.9 Å². The number of furan rings is 1. The summed E-state index contributed by atoms with van der Waals surface area (Å²) < 4.78 is 13.3. The fourth-order valence-corrected chi connectivity index (χ4v) is 5.30. The van der Waals surface area contributed by atoms with Crippen LogP contribution in [0.5, 0.6) is 0 Å². The zero-order valence-electron chi connectivity index (χ0n) is 24.4. The first-order valence-corrected chi connectivity index (χ1v) is 14.3. The number of aliphatic carboxylic acids is 1. The minimum atomic E-state index is -0.971. The van der Waals surface area contributed by atoms with Crippen molar-refractivity contribution < 1.29 is 19.1 Å². The molecule has 0 radical (unpaired) electrons. The normalized spacial score (nSPS) is 14.4. The highest BCUT2D eigenvalue weighted by atomic mass is 16.5. The second-order valence-electron chi connectivity index (χ2n) is 11.9. The van der Waals surface area contributed by atoms with Crippen LogP contribution >= 0.6 is 0 Å². The number of hydrogen-bond donors (Lipinski definition) is 1. The molecule has 218 valence electrons. The minimum Gasteiger partial charge on any atom is -0.480 e. The third-order valence-electron chi connectivity index (χ3n) is 7.44. The largest absolute Gasteiger partial charge is 0.480 e. The summed E-state index contributed by atoms with van der Waals surface area (Å²) in [5, 5.41) is 9.51. The minimum absolute atomic E-state index is 0.255. The summed E-state index contributed by atoms with van der Waals surface area (Å²) in [6, 6.07) is 12.6. The van der Waals surface area contributed by atoms with Gasteiger partial charge in [0.05, 0.1) is 24.7 Å². The molecule has 4 aromatic rings. The number of aromatic nitrogens is 4. The Kier molecular flexibility index (Phi) is 8.58. The average Bonchev–Trinajstić information content (AvgIpc) is 3.60. The Labute approximate surface area is 241 Å². The Morgan fingerprint density at radius 1 is 1.10 bits per heavy atom. The van der Waals surface area contributed by atoms with Gasteiger partial charge in [0, 0.05) is 13.6 Å². The standard InChI is InChI=1S/C31H40N6O4/c1-31(2,3)41-21-37(17-22-12-14-24(15-13-22)23-9-6-5-7-10-23)30-33-28(35(4)18-25-11-8-16-40-25)27-29(34-30)36(20-32-27)19-26(38)39/h8,11-16,20,23H,5-7,9-10,17-19,21H2,1-4H3,(H,38,39). The first-order chi connectivity index (χ1) is 19.7. The average molecular weight is 561 g/mol. The lowest BCUT2D eigenvalue weighted by Crippen LogP contribution is -2.33. The molecular weight excluding hydrogens is 520 g/mol. The maximum atomic E-state index is 11.6. The number of fused-ring (bicyclic) bond motifs is 1. The maximum absolute atomic E-state index is 11.6. The molecule has 0 spiro atoms. The van der Waals surface area contributed by atoms with E-state index in [-0.39, 0.29) is 18.9 Å². The van der Waals surface area contributed by atoms with Crippen LogP contribution in [0.25, 0.3) is 11.2 Å². The second kappa shape index (κ2) is 12.3.